The summed E-state index contributed by atoms with van der Waals surface area (Å²) < 4.78 is 13.1. The van der Waals surface area contributed by atoms with Crippen LogP contribution in [0, 0.1) is 17.1 Å². The Balaban J connectivity index is 1.90. The molecule has 0 saturated carbocycles. The van der Waals surface area contributed by atoms with Crippen LogP contribution in [0.2, 0.25) is 0 Å². The van der Waals surface area contributed by atoms with Gasteiger partial charge in [-0.15, -0.1) is 11.8 Å². The van der Waals surface area contributed by atoms with E-state index in [1.807, 2.05) is 18.2 Å². The van der Waals surface area contributed by atoms with Crippen LogP contribution in [0.1, 0.15) is 17.2 Å². The van der Waals surface area contributed by atoms with E-state index >= 15 is 0 Å². The summed E-state index contributed by atoms with van der Waals surface area (Å²) in [5.74, 6) is 0.532. The van der Waals surface area contributed by atoms with Gasteiger partial charge in [-0.25, -0.2) is 4.39 Å². The summed E-state index contributed by atoms with van der Waals surface area (Å²) in [6.07, 6.45) is 0. The second-order valence-corrected chi connectivity index (χ2v) is 5.41. The molecule has 94 valence electrons. The number of benzene rings is 2. The maximum absolute atomic E-state index is 13.1. The van der Waals surface area contributed by atoms with Gasteiger partial charge in [-0.3, -0.25) is 0 Å². The molecule has 2 aromatic carbocycles. The van der Waals surface area contributed by atoms with Crippen molar-refractivity contribution in [2.45, 2.75) is 10.9 Å². The lowest BCUT2D eigenvalue weighted by atomic mass is 10.1. The van der Waals surface area contributed by atoms with Crippen LogP contribution in [-0.2, 0) is 0 Å². The molecule has 2 aromatic rings. The van der Waals surface area contributed by atoms with Crippen LogP contribution in [0.15, 0.2) is 47.4 Å². The van der Waals surface area contributed by atoms with Gasteiger partial charge in [0.2, 0.25) is 0 Å². The number of halogens is 1. The molecule has 19 heavy (non-hydrogen) atoms. The lowest BCUT2D eigenvalue weighted by molar-refractivity contribution is 0.627. The Morgan fingerprint density at radius 1 is 1.26 bits per heavy atom. The van der Waals surface area contributed by atoms with E-state index in [1.165, 1.54) is 22.6 Å². The summed E-state index contributed by atoms with van der Waals surface area (Å²) in [5, 5.41) is 12.4. The Kier molecular flexibility index (Phi) is 3.14. The van der Waals surface area contributed by atoms with Crippen LogP contribution in [0.5, 0.6) is 0 Å². The fourth-order valence-electron chi connectivity index (χ4n) is 2.20. The molecule has 1 unspecified atom stereocenters. The molecule has 4 heteroatoms. The average molecular weight is 270 g/mol. The lowest BCUT2D eigenvalue weighted by Gasteiger charge is -2.15. The van der Waals surface area contributed by atoms with Crippen LogP contribution in [0.4, 0.5) is 10.1 Å². The Hall–Kier alpha value is -1.99. The van der Waals surface area contributed by atoms with Gasteiger partial charge in [0.15, 0.2) is 0 Å². The van der Waals surface area contributed by atoms with Crippen molar-refractivity contribution in [2.75, 3.05) is 11.1 Å². The molecule has 0 aromatic heterocycles. The highest BCUT2D eigenvalue weighted by molar-refractivity contribution is 7.99. The number of anilines is 1. The van der Waals surface area contributed by atoms with Crippen LogP contribution < -0.4 is 5.32 Å². The highest BCUT2D eigenvalue weighted by Gasteiger charge is 2.23. The number of nitrogens with one attached hydrogen (secondary N) is 1. The van der Waals surface area contributed by atoms with Crippen molar-refractivity contribution in [3.05, 3.63) is 59.4 Å². The number of hydrogen-bond donors (Lipinski definition) is 1. The predicted molar refractivity (Wildman–Crippen MR) is 74.6 cm³/mol. The van der Waals surface area contributed by atoms with E-state index in [2.05, 4.69) is 17.4 Å². The lowest BCUT2D eigenvalue weighted by Crippen LogP contribution is -2.10. The van der Waals surface area contributed by atoms with Crippen LogP contribution in [0.25, 0.3) is 0 Å². The molecule has 0 radical (unpaired) electrons. The number of hydrogen-bond acceptors (Lipinski definition) is 3. The fourth-order valence-corrected chi connectivity index (χ4v) is 3.37. The van der Waals surface area contributed by atoms with Gasteiger partial charge < -0.3 is 5.32 Å². The average Bonchev–Trinajstić information content (AvgIpc) is 2.84. The second-order valence-electron chi connectivity index (χ2n) is 4.35. The zero-order chi connectivity index (χ0) is 13.2. The third-order valence-electron chi connectivity index (χ3n) is 3.13. The molecule has 0 saturated heterocycles. The number of nitrogens with zero attached hydrogens (tertiary/aromatic N) is 1. The van der Waals surface area contributed by atoms with E-state index in [0.717, 1.165) is 5.75 Å². The topological polar surface area (TPSA) is 35.8 Å². The molecular formula is C15H11FN2S. The molecule has 3 rings (SSSR count). The standard InChI is InChI=1S/C15H11FN2S/c16-11-5-6-13(10(7-11)8-17)18-14-9-19-15-4-2-1-3-12(14)15/h1-7,14,18H,9H2. The van der Waals surface area contributed by atoms with E-state index in [0.29, 0.717) is 11.3 Å². The van der Waals surface area contributed by atoms with Gasteiger partial charge >= 0.3 is 0 Å². The van der Waals surface area contributed by atoms with Crippen molar-refractivity contribution < 1.29 is 4.39 Å². The molecular weight excluding hydrogens is 259 g/mol. The molecule has 1 heterocycles. The fraction of sp³-hybridized carbons (Fsp3) is 0.133. The quantitative estimate of drug-likeness (QED) is 0.897. The third-order valence-corrected chi connectivity index (χ3v) is 4.31. The molecule has 1 N–H and O–H groups in total. The minimum atomic E-state index is -0.386. The normalized spacial score (nSPS) is 16.7. The van der Waals surface area contributed by atoms with Crippen LogP contribution >= 0.6 is 11.8 Å². The van der Waals surface area contributed by atoms with Gasteiger partial charge in [-0.1, -0.05) is 18.2 Å². The number of nitriles is 1. The summed E-state index contributed by atoms with van der Waals surface area (Å²) in [6, 6.07) is 14.7. The van der Waals surface area contributed by atoms with Crippen LogP contribution in [0.3, 0.4) is 0 Å². The van der Waals surface area contributed by atoms with Crippen molar-refractivity contribution >= 4 is 17.4 Å². The van der Waals surface area contributed by atoms with E-state index in [4.69, 9.17) is 5.26 Å². The molecule has 0 amide bonds. The van der Waals surface area contributed by atoms with Gasteiger partial charge in [0.05, 0.1) is 17.3 Å². The van der Waals surface area contributed by atoms with E-state index in [1.54, 1.807) is 17.8 Å². The van der Waals surface area contributed by atoms with Crippen molar-refractivity contribution in [2.24, 2.45) is 0 Å². The highest BCUT2D eigenvalue weighted by Crippen LogP contribution is 2.39. The molecule has 1 aliphatic rings. The zero-order valence-corrected chi connectivity index (χ0v) is 10.9. The Morgan fingerprint density at radius 3 is 2.95 bits per heavy atom. The Labute approximate surface area is 115 Å². The number of fused-ring (bicyclic) bond motifs is 1. The molecule has 1 atom stereocenters. The summed E-state index contributed by atoms with van der Waals surface area (Å²) in [5.41, 5.74) is 2.27. The van der Waals surface area contributed by atoms with Gasteiger partial charge in [0.25, 0.3) is 0 Å². The Morgan fingerprint density at radius 2 is 2.11 bits per heavy atom. The molecule has 0 fully saturated rings. The van der Waals surface area contributed by atoms with E-state index < -0.39 is 0 Å². The minimum absolute atomic E-state index is 0.166. The summed E-state index contributed by atoms with van der Waals surface area (Å²) >= 11 is 1.79. The first-order valence-electron chi connectivity index (χ1n) is 5.96. The van der Waals surface area contributed by atoms with Crippen LogP contribution in [-0.4, -0.2) is 5.75 Å². The van der Waals surface area contributed by atoms with E-state index in [9.17, 15) is 4.39 Å². The first-order chi connectivity index (χ1) is 9.28. The first-order valence-corrected chi connectivity index (χ1v) is 6.94. The minimum Gasteiger partial charge on any atom is -0.376 e. The number of thioether (sulfide) groups is 1. The highest BCUT2D eigenvalue weighted by atomic mass is 32.2. The van der Waals surface area contributed by atoms with Gasteiger partial charge in [-0.05, 0) is 29.8 Å². The number of rotatable bonds is 2. The monoisotopic (exact) mass is 270 g/mol. The van der Waals surface area contributed by atoms with Gasteiger partial charge in [0, 0.05) is 10.6 Å². The molecule has 0 bridgehead atoms. The molecule has 0 aliphatic carbocycles. The van der Waals surface area contributed by atoms with Gasteiger partial charge in [-0.2, -0.15) is 5.26 Å². The summed E-state index contributed by atoms with van der Waals surface area (Å²) in [4.78, 5) is 1.26. The van der Waals surface area contributed by atoms with Crippen molar-refractivity contribution in [3.63, 3.8) is 0 Å². The second kappa shape index (κ2) is 4.94. The largest absolute Gasteiger partial charge is 0.376 e. The van der Waals surface area contributed by atoms with Crippen molar-refractivity contribution in [1.82, 2.24) is 0 Å². The molecule has 1 aliphatic heterocycles. The first kappa shape index (κ1) is 12.1. The third kappa shape index (κ3) is 2.29. The maximum atomic E-state index is 13.1. The Bertz CT molecular complexity index is 663. The molecule has 0 spiro atoms. The smallest absolute Gasteiger partial charge is 0.124 e. The maximum Gasteiger partial charge on any atom is 0.124 e. The summed E-state index contributed by atoms with van der Waals surface area (Å²) in [7, 11) is 0. The van der Waals surface area contributed by atoms with E-state index in [-0.39, 0.29) is 11.9 Å². The zero-order valence-electron chi connectivity index (χ0n) is 10.1. The molecule has 2 nitrogen and oxygen atoms in total. The van der Waals surface area contributed by atoms with Crippen molar-refractivity contribution in [1.29, 1.82) is 5.26 Å². The van der Waals surface area contributed by atoms with Gasteiger partial charge in [0.1, 0.15) is 11.9 Å². The SMILES string of the molecule is N#Cc1cc(F)ccc1NC1CSc2ccccc21. The van der Waals surface area contributed by atoms with Crippen molar-refractivity contribution in [3.8, 4) is 6.07 Å². The predicted octanol–water partition coefficient (Wildman–Crippen LogP) is 3.96. The summed E-state index contributed by atoms with van der Waals surface area (Å²) in [6.45, 7) is 0.